The van der Waals surface area contributed by atoms with E-state index < -0.39 is 0 Å². The van der Waals surface area contributed by atoms with E-state index in [0.29, 0.717) is 37.4 Å². The van der Waals surface area contributed by atoms with Crippen molar-refractivity contribution in [3.63, 3.8) is 0 Å². The molecule has 2 amide bonds. The lowest BCUT2D eigenvalue weighted by Gasteiger charge is -2.26. The zero-order chi connectivity index (χ0) is 15.6. The molecule has 0 radical (unpaired) electrons. The molecule has 1 aliphatic rings. The van der Waals surface area contributed by atoms with Crippen LogP contribution in [0.4, 0.5) is 0 Å². The van der Waals surface area contributed by atoms with Gasteiger partial charge in [0.15, 0.2) is 12.1 Å². The van der Waals surface area contributed by atoms with Crippen LogP contribution < -0.4 is 5.32 Å². The summed E-state index contributed by atoms with van der Waals surface area (Å²) >= 11 is 0. The lowest BCUT2D eigenvalue weighted by Crippen LogP contribution is -2.39. The van der Waals surface area contributed by atoms with Gasteiger partial charge in [-0.15, -0.1) is 0 Å². The van der Waals surface area contributed by atoms with Crippen LogP contribution in [0, 0.1) is 5.41 Å². The quantitative estimate of drug-likeness (QED) is 0.915. The van der Waals surface area contributed by atoms with E-state index in [1.54, 1.807) is 0 Å². The van der Waals surface area contributed by atoms with E-state index in [1.807, 2.05) is 11.8 Å². The van der Waals surface area contributed by atoms with Gasteiger partial charge < -0.3 is 14.6 Å². The highest BCUT2D eigenvalue weighted by molar-refractivity contribution is 5.94. The molecule has 0 aromatic carbocycles. The van der Waals surface area contributed by atoms with Gasteiger partial charge in [0.2, 0.25) is 5.91 Å². The van der Waals surface area contributed by atoms with Gasteiger partial charge in [0.1, 0.15) is 5.76 Å². The lowest BCUT2D eigenvalue weighted by atomic mass is 9.96. The van der Waals surface area contributed by atoms with Crippen molar-refractivity contribution < 1.29 is 14.0 Å². The normalized spacial score (nSPS) is 19.1. The van der Waals surface area contributed by atoms with Crippen LogP contribution in [-0.2, 0) is 11.2 Å². The third-order valence-corrected chi connectivity index (χ3v) is 3.39. The number of aromatic nitrogens is 1. The SMILES string of the molecule is CCc1ocnc1C(=O)N[C@H]1CC(=O)N(CC(C)(C)C)C1. The van der Waals surface area contributed by atoms with Crippen molar-refractivity contribution in [2.75, 3.05) is 13.1 Å². The minimum absolute atomic E-state index is 0.0516. The summed E-state index contributed by atoms with van der Waals surface area (Å²) < 4.78 is 5.16. The smallest absolute Gasteiger partial charge is 0.273 e. The summed E-state index contributed by atoms with van der Waals surface area (Å²) in [4.78, 5) is 29.9. The Morgan fingerprint density at radius 2 is 2.24 bits per heavy atom. The fourth-order valence-corrected chi connectivity index (χ4v) is 2.55. The van der Waals surface area contributed by atoms with Gasteiger partial charge in [-0.25, -0.2) is 4.98 Å². The highest BCUT2D eigenvalue weighted by Crippen LogP contribution is 2.20. The van der Waals surface area contributed by atoms with Gasteiger partial charge in [-0.05, 0) is 5.41 Å². The van der Waals surface area contributed by atoms with Crippen LogP contribution in [0.2, 0.25) is 0 Å². The first-order valence-corrected chi connectivity index (χ1v) is 7.31. The van der Waals surface area contributed by atoms with E-state index in [1.165, 1.54) is 6.39 Å². The first-order chi connectivity index (χ1) is 9.80. The van der Waals surface area contributed by atoms with Crippen molar-refractivity contribution in [2.45, 2.75) is 46.6 Å². The summed E-state index contributed by atoms with van der Waals surface area (Å²) in [6.45, 7) is 9.43. The minimum atomic E-state index is -0.268. The number of nitrogens with zero attached hydrogens (tertiary/aromatic N) is 2. The van der Waals surface area contributed by atoms with Crippen molar-refractivity contribution in [3.05, 3.63) is 17.8 Å². The van der Waals surface area contributed by atoms with Gasteiger partial charge in [0, 0.05) is 25.9 Å². The van der Waals surface area contributed by atoms with Crippen molar-refractivity contribution in [1.82, 2.24) is 15.2 Å². The zero-order valence-electron chi connectivity index (χ0n) is 13.1. The van der Waals surface area contributed by atoms with Gasteiger partial charge in [0.05, 0.1) is 6.04 Å². The molecule has 116 valence electrons. The molecule has 0 saturated carbocycles. The van der Waals surface area contributed by atoms with E-state index in [0.717, 1.165) is 0 Å². The van der Waals surface area contributed by atoms with Crippen LogP contribution in [-0.4, -0.2) is 40.8 Å². The van der Waals surface area contributed by atoms with Crippen molar-refractivity contribution >= 4 is 11.8 Å². The Morgan fingerprint density at radius 1 is 1.52 bits per heavy atom. The van der Waals surface area contributed by atoms with Crippen molar-refractivity contribution in [1.29, 1.82) is 0 Å². The maximum absolute atomic E-state index is 12.2. The second kappa shape index (κ2) is 5.87. The highest BCUT2D eigenvalue weighted by atomic mass is 16.3. The van der Waals surface area contributed by atoms with E-state index in [2.05, 4.69) is 31.1 Å². The number of carbonyl (C=O) groups excluding carboxylic acids is 2. The average molecular weight is 293 g/mol. The Balaban J connectivity index is 1.96. The predicted octanol–water partition coefficient (Wildman–Crippen LogP) is 1.61. The summed E-state index contributed by atoms with van der Waals surface area (Å²) in [5, 5.41) is 2.88. The van der Waals surface area contributed by atoms with Crippen molar-refractivity contribution in [2.24, 2.45) is 5.41 Å². The molecule has 21 heavy (non-hydrogen) atoms. The maximum atomic E-state index is 12.2. The zero-order valence-corrected chi connectivity index (χ0v) is 13.1. The van der Waals surface area contributed by atoms with Crippen LogP contribution in [0.1, 0.15) is 50.4 Å². The Hall–Kier alpha value is -1.85. The van der Waals surface area contributed by atoms with Crippen LogP contribution in [0.5, 0.6) is 0 Å². The van der Waals surface area contributed by atoms with Gasteiger partial charge in [-0.1, -0.05) is 27.7 Å². The van der Waals surface area contributed by atoms with Gasteiger partial charge in [-0.2, -0.15) is 0 Å². The fourth-order valence-electron chi connectivity index (χ4n) is 2.55. The van der Waals surface area contributed by atoms with E-state index in [4.69, 9.17) is 4.42 Å². The van der Waals surface area contributed by atoms with Crippen LogP contribution in [0.3, 0.4) is 0 Å². The molecule has 2 heterocycles. The number of carbonyl (C=O) groups is 2. The molecule has 1 aromatic rings. The summed E-state index contributed by atoms with van der Waals surface area (Å²) in [5.74, 6) is 0.394. The molecular weight excluding hydrogens is 270 g/mol. The van der Waals surface area contributed by atoms with Gasteiger partial charge >= 0.3 is 0 Å². The molecule has 1 atom stereocenters. The Morgan fingerprint density at radius 3 is 2.86 bits per heavy atom. The molecule has 6 nitrogen and oxygen atoms in total. The molecule has 1 aliphatic heterocycles. The number of aryl methyl sites for hydroxylation is 1. The van der Waals surface area contributed by atoms with Crippen LogP contribution >= 0.6 is 0 Å². The number of amides is 2. The second-order valence-electron chi connectivity index (χ2n) is 6.69. The largest absolute Gasteiger partial charge is 0.448 e. The predicted molar refractivity (Wildman–Crippen MR) is 77.8 cm³/mol. The fraction of sp³-hybridized carbons (Fsp3) is 0.667. The average Bonchev–Trinajstić information content (AvgIpc) is 2.95. The van der Waals surface area contributed by atoms with E-state index >= 15 is 0 Å². The molecule has 0 unspecified atom stereocenters. The first kappa shape index (κ1) is 15.5. The summed E-state index contributed by atoms with van der Waals surface area (Å²) in [6.07, 6.45) is 2.24. The first-order valence-electron chi connectivity index (χ1n) is 7.31. The van der Waals surface area contributed by atoms with Crippen LogP contribution in [0.25, 0.3) is 0 Å². The number of rotatable bonds is 4. The van der Waals surface area contributed by atoms with Gasteiger partial charge in [0.25, 0.3) is 5.91 Å². The third-order valence-electron chi connectivity index (χ3n) is 3.39. The monoisotopic (exact) mass is 293 g/mol. The molecule has 2 rings (SSSR count). The highest BCUT2D eigenvalue weighted by Gasteiger charge is 2.33. The van der Waals surface area contributed by atoms with E-state index in [-0.39, 0.29) is 23.3 Å². The number of hydrogen-bond donors (Lipinski definition) is 1. The maximum Gasteiger partial charge on any atom is 0.273 e. The number of likely N-dealkylation sites (tertiary alicyclic amines) is 1. The van der Waals surface area contributed by atoms with E-state index in [9.17, 15) is 9.59 Å². The molecule has 1 N–H and O–H groups in total. The molecular formula is C15H23N3O3. The third kappa shape index (κ3) is 3.83. The molecule has 0 bridgehead atoms. The Bertz CT molecular complexity index is 531. The minimum Gasteiger partial charge on any atom is -0.448 e. The standard InChI is InChI=1S/C15H23N3O3/c1-5-11-13(16-9-21-11)14(20)17-10-6-12(19)18(7-10)8-15(2,3)4/h9-10H,5-8H2,1-4H3,(H,17,20)/t10-/m0/s1. The number of nitrogens with one attached hydrogen (secondary N) is 1. The number of oxazole rings is 1. The van der Waals surface area contributed by atoms with Crippen LogP contribution in [0.15, 0.2) is 10.8 Å². The Labute approximate surface area is 124 Å². The summed E-state index contributed by atoms with van der Waals surface area (Å²) in [5.41, 5.74) is 0.370. The molecule has 1 saturated heterocycles. The topological polar surface area (TPSA) is 75.4 Å². The van der Waals surface area contributed by atoms with Crippen molar-refractivity contribution in [3.8, 4) is 0 Å². The molecule has 1 aromatic heterocycles. The summed E-state index contributed by atoms with van der Waals surface area (Å²) in [6, 6.07) is -0.159. The number of hydrogen-bond acceptors (Lipinski definition) is 4. The second-order valence-corrected chi connectivity index (χ2v) is 6.69. The molecule has 0 aliphatic carbocycles. The molecule has 6 heteroatoms. The summed E-state index contributed by atoms with van der Waals surface area (Å²) in [7, 11) is 0. The van der Waals surface area contributed by atoms with Gasteiger partial charge in [-0.3, -0.25) is 9.59 Å². The molecule has 0 spiro atoms. The molecule has 1 fully saturated rings. The lowest BCUT2D eigenvalue weighted by molar-refractivity contribution is -0.128. The Kier molecular flexibility index (Phi) is 4.34.